The molecule has 4 nitrogen and oxygen atoms in total. The third-order valence-corrected chi connectivity index (χ3v) is 4.65. The Morgan fingerprint density at radius 1 is 1.04 bits per heavy atom. The van der Waals surface area contributed by atoms with Gasteiger partial charge in [-0.15, -0.1) is 0 Å². The molecule has 1 amide bonds. The van der Waals surface area contributed by atoms with Crippen LogP contribution in [-0.2, 0) is 11.3 Å². The van der Waals surface area contributed by atoms with Crippen LogP contribution >= 0.6 is 0 Å². The lowest BCUT2D eigenvalue weighted by Crippen LogP contribution is -2.30. The molecule has 26 heavy (non-hydrogen) atoms. The zero-order chi connectivity index (χ0) is 18.4. The molecule has 0 saturated carbocycles. The summed E-state index contributed by atoms with van der Waals surface area (Å²) in [5, 5.41) is 2.94. The first-order valence-electron chi connectivity index (χ1n) is 9.18. The van der Waals surface area contributed by atoms with Crippen LogP contribution in [0.1, 0.15) is 24.8 Å². The lowest BCUT2D eigenvalue weighted by Gasteiger charge is -2.28. The zero-order valence-corrected chi connectivity index (χ0v) is 15.2. The number of anilines is 2. The van der Waals surface area contributed by atoms with E-state index in [2.05, 4.69) is 22.3 Å². The minimum absolute atomic E-state index is 0.0552. The van der Waals surface area contributed by atoms with Crippen molar-refractivity contribution < 1.29 is 9.18 Å². The van der Waals surface area contributed by atoms with Crippen molar-refractivity contribution in [2.24, 2.45) is 0 Å². The average molecular weight is 355 g/mol. The van der Waals surface area contributed by atoms with Crippen LogP contribution in [0, 0.1) is 5.82 Å². The number of rotatable bonds is 6. The molecule has 2 aromatic carbocycles. The number of amides is 1. The molecule has 1 aliphatic heterocycles. The van der Waals surface area contributed by atoms with Crippen LogP contribution in [0.2, 0.25) is 0 Å². The molecule has 1 N–H and O–H groups in total. The first-order valence-corrected chi connectivity index (χ1v) is 9.18. The predicted molar refractivity (Wildman–Crippen MR) is 104 cm³/mol. The number of nitrogens with one attached hydrogen (secondary N) is 1. The van der Waals surface area contributed by atoms with Gasteiger partial charge in [-0.3, -0.25) is 9.69 Å². The Morgan fingerprint density at radius 2 is 1.69 bits per heavy atom. The Morgan fingerprint density at radius 3 is 2.35 bits per heavy atom. The summed E-state index contributed by atoms with van der Waals surface area (Å²) in [6.07, 6.45) is 3.81. The van der Waals surface area contributed by atoms with Crippen LogP contribution in [0.25, 0.3) is 0 Å². The Hall–Kier alpha value is -2.40. The highest BCUT2D eigenvalue weighted by Gasteiger charge is 2.11. The minimum Gasteiger partial charge on any atom is -0.372 e. The van der Waals surface area contributed by atoms with Gasteiger partial charge in [0.05, 0.1) is 6.54 Å². The Labute approximate surface area is 154 Å². The van der Waals surface area contributed by atoms with Crippen molar-refractivity contribution in [3.05, 3.63) is 59.9 Å². The number of benzene rings is 2. The van der Waals surface area contributed by atoms with Gasteiger partial charge >= 0.3 is 0 Å². The van der Waals surface area contributed by atoms with Crippen molar-refractivity contribution in [3.8, 4) is 0 Å². The van der Waals surface area contributed by atoms with E-state index in [1.54, 1.807) is 12.1 Å². The molecule has 1 fully saturated rings. The van der Waals surface area contributed by atoms with Gasteiger partial charge in [0.1, 0.15) is 5.82 Å². The molecule has 0 unspecified atom stereocenters. The molecule has 138 valence electrons. The van der Waals surface area contributed by atoms with E-state index in [0.717, 1.165) is 24.3 Å². The second kappa shape index (κ2) is 8.81. The molecular weight excluding hydrogens is 329 g/mol. The van der Waals surface area contributed by atoms with Crippen molar-refractivity contribution in [2.75, 3.05) is 36.9 Å². The van der Waals surface area contributed by atoms with Crippen LogP contribution in [0.15, 0.2) is 48.5 Å². The van der Waals surface area contributed by atoms with Gasteiger partial charge in [-0.05, 0) is 68.3 Å². The molecule has 0 aromatic heterocycles. The van der Waals surface area contributed by atoms with Gasteiger partial charge < -0.3 is 10.2 Å². The molecule has 0 aliphatic carbocycles. The highest BCUT2D eigenvalue weighted by molar-refractivity contribution is 5.92. The molecule has 3 rings (SSSR count). The SMILES string of the molecule is CN(CC(=O)Nc1ccc(N2CCCCC2)cc1)Cc1ccc(F)cc1. The predicted octanol–water partition coefficient (Wildman–Crippen LogP) is 3.89. The molecule has 0 radical (unpaired) electrons. The van der Waals surface area contributed by atoms with Crippen molar-refractivity contribution in [2.45, 2.75) is 25.8 Å². The maximum atomic E-state index is 12.9. The van der Waals surface area contributed by atoms with E-state index in [9.17, 15) is 9.18 Å². The molecule has 0 bridgehead atoms. The van der Waals surface area contributed by atoms with E-state index in [1.807, 2.05) is 24.1 Å². The van der Waals surface area contributed by atoms with E-state index >= 15 is 0 Å². The number of hydrogen-bond acceptors (Lipinski definition) is 3. The van der Waals surface area contributed by atoms with E-state index in [1.165, 1.54) is 37.1 Å². The quantitative estimate of drug-likeness (QED) is 0.854. The maximum absolute atomic E-state index is 12.9. The van der Waals surface area contributed by atoms with Gasteiger partial charge in [0.25, 0.3) is 0 Å². The molecule has 2 aromatic rings. The van der Waals surface area contributed by atoms with Gasteiger partial charge in [0.2, 0.25) is 5.91 Å². The van der Waals surface area contributed by atoms with Gasteiger partial charge in [-0.1, -0.05) is 12.1 Å². The summed E-state index contributed by atoms with van der Waals surface area (Å²) >= 11 is 0. The molecule has 0 spiro atoms. The smallest absolute Gasteiger partial charge is 0.238 e. The number of halogens is 1. The highest BCUT2D eigenvalue weighted by Crippen LogP contribution is 2.21. The third-order valence-electron chi connectivity index (χ3n) is 4.65. The van der Waals surface area contributed by atoms with Crippen LogP contribution in [0.3, 0.4) is 0 Å². The number of nitrogens with zero attached hydrogens (tertiary/aromatic N) is 2. The van der Waals surface area contributed by atoms with E-state index in [4.69, 9.17) is 0 Å². The molecular formula is C21H26FN3O. The first-order chi connectivity index (χ1) is 12.6. The van der Waals surface area contributed by atoms with Crippen LogP contribution in [-0.4, -0.2) is 37.5 Å². The Bertz CT molecular complexity index is 709. The van der Waals surface area contributed by atoms with Gasteiger partial charge in [-0.25, -0.2) is 4.39 Å². The second-order valence-corrected chi connectivity index (χ2v) is 6.94. The fourth-order valence-electron chi connectivity index (χ4n) is 3.31. The Balaban J connectivity index is 1.48. The Kier molecular flexibility index (Phi) is 6.23. The standard InChI is InChI=1S/C21H26FN3O/c1-24(15-17-5-7-18(22)8-6-17)16-21(26)23-19-9-11-20(12-10-19)25-13-3-2-4-14-25/h5-12H,2-4,13-16H2,1H3,(H,23,26). The highest BCUT2D eigenvalue weighted by atomic mass is 19.1. The maximum Gasteiger partial charge on any atom is 0.238 e. The molecule has 1 saturated heterocycles. The van der Waals surface area contributed by atoms with Gasteiger partial charge in [0, 0.05) is 31.0 Å². The largest absolute Gasteiger partial charge is 0.372 e. The number of likely N-dealkylation sites (N-methyl/N-ethyl adjacent to an activating group) is 1. The van der Waals surface area contributed by atoms with Crippen LogP contribution in [0.4, 0.5) is 15.8 Å². The summed E-state index contributed by atoms with van der Waals surface area (Å²) in [6, 6.07) is 14.4. The van der Waals surface area contributed by atoms with Gasteiger partial charge in [0.15, 0.2) is 0 Å². The van der Waals surface area contributed by atoms with Crippen molar-refractivity contribution in [1.82, 2.24) is 4.90 Å². The zero-order valence-electron chi connectivity index (χ0n) is 15.2. The number of piperidine rings is 1. The van der Waals surface area contributed by atoms with E-state index < -0.39 is 0 Å². The summed E-state index contributed by atoms with van der Waals surface area (Å²) in [5.41, 5.74) is 3.01. The van der Waals surface area contributed by atoms with Crippen molar-refractivity contribution in [3.63, 3.8) is 0 Å². The fourth-order valence-corrected chi connectivity index (χ4v) is 3.31. The molecule has 1 heterocycles. The lowest BCUT2D eigenvalue weighted by molar-refractivity contribution is -0.117. The summed E-state index contributed by atoms with van der Waals surface area (Å²) < 4.78 is 12.9. The van der Waals surface area contributed by atoms with E-state index in [0.29, 0.717) is 6.54 Å². The summed E-state index contributed by atoms with van der Waals surface area (Å²) in [5.74, 6) is -0.303. The summed E-state index contributed by atoms with van der Waals surface area (Å²) in [6.45, 7) is 3.10. The number of hydrogen-bond donors (Lipinski definition) is 1. The second-order valence-electron chi connectivity index (χ2n) is 6.94. The normalized spacial score (nSPS) is 14.5. The summed E-state index contributed by atoms with van der Waals surface area (Å²) in [4.78, 5) is 16.5. The molecule has 5 heteroatoms. The van der Waals surface area contributed by atoms with Crippen LogP contribution < -0.4 is 10.2 Å². The first kappa shape index (κ1) is 18.4. The topological polar surface area (TPSA) is 35.6 Å². The third kappa shape index (κ3) is 5.30. The van der Waals surface area contributed by atoms with Gasteiger partial charge in [-0.2, -0.15) is 0 Å². The van der Waals surface area contributed by atoms with Crippen molar-refractivity contribution >= 4 is 17.3 Å². The average Bonchev–Trinajstić information content (AvgIpc) is 2.65. The number of carbonyl (C=O) groups is 1. The van der Waals surface area contributed by atoms with Crippen molar-refractivity contribution in [1.29, 1.82) is 0 Å². The van der Waals surface area contributed by atoms with Crippen LogP contribution in [0.5, 0.6) is 0 Å². The summed E-state index contributed by atoms with van der Waals surface area (Å²) in [7, 11) is 1.88. The van der Waals surface area contributed by atoms with E-state index in [-0.39, 0.29) is 18.3 Å². The molecule has 1 aliphatic rings. The monoisotopic (exact) mass is 355 g/mol. The minimum atomic E-state index is -0.248. The molecule has 0 atom stereocenters. The lowest BCUT2D eigenvalue weighted by atomic mass is 10.1. The fraction of sp³-hybridized carbons (Fsp3) is 0.381. The number of carbonyl (C=O) groups excluding carboxylic acids is 1.